The van der Waals surface area contributed by atoms with Crippen LogP contribution in [-0.2, 0) is 0 Å². The number of nitrogens with zero attached hydrogens (tertiary/aromatic N) is 3. The first kappa shape index (κ1) is 13.9. The van der Waals surface area contributed by atoms with Crippen molar-refractivity contribution in [3.63, 3.8) is 0 Å². The molecule has 104 valence electrons. The van der Waals surface area contributed by atoms with Gasteiger partial charge in [-0.15, -0.1) is 0 Å². The minimum Gasteiger partial charge on any atom is -0.351 e. The molecule has 0 radical (unpaired) electrons. The lowest BCUT2D eigenvalue weighted by atomic mass is 10.0. The molecule has 19 heavy (non-hydrogen) atoms. The molecule has 0 saturated carbocycles. The van der Waals surface area contributed by atoms with Gasteiger partial charge in [-0.3, -0.25) is 4.79 Å². The Morgan fingerprint density at radius 2 is 2.16 bits per heavy atom. The van der Waals surface area contributed by atoms with Gasteiger partial charge in [0.05, 0.1) is 11.3 Å². The van der Waals surface area contributed by atoms with Crippen molar-refractivity contribution >= 4 is 5.91 Å². The normalized spacial score (nSPS) is 15.9. The van der Waals surface area contributed by atoms with Crippen molar-refractivity contribution in [1.82, 2.24) is 20.2 Å². The fourth-order valence-corrected chi connectivity index (χ4v) is 2.40. The van der Waals surface area contributed by atoms with Crippen LogP contribution in [0.5, 0.6) is 0 Å². The van der Waals surface area contributed by atoms with Crippen LogP contribution in [0.2, 0.25) is 0 Å². The first-order valence-corrected chi connectivity index (χ1v) is 6.99. The highest BCUT2D eigenvalue weighted by Crippen LogP contribution is 2.15. The molecule has 1 saturated heterocycles. The van der Waals surface area contributed by atoms with E-state index in [1.165, 1.54) is 19.2 Å². The van der Waals surface area contributed by atoms with Crippen molar-refractivity contribution in [2.24, 2.45) is 0 Å². The molecule has 0 bridgehead atoms. The van der Waals surface area contributed by atoms with Crippen molar-refractivity contribution in [3.8, 4) is 0 Å². The maximum Gasteiger partial charge on any atom is 0.254 e. The van der Waals surface area contributed by atoms with Crippen LogP contribution in [0.15, 0.2) is 12.5 Å². The lowest BCUT2D eigenvalue weighted by Gasteiger charge is -2.15. The highest BCUT2D eigenvalue weighted by Gasteiger charge is 2.16. The molecule has 0 atom stereocenters. The van der Waals surface area contributed by atoms with Crippen LogP contribution in [-0.4, -0.2) is 47.0 Å². The second kappa shape index (κ2) is 6.61. The molecule has 1 fully saturated rings. The molecule has 2 rings (SSSR count). The maximum absolute atomic E-state index is 12.1. The van der Waals surface area contributed by atoms with Crippen LogP contribution in [0.25, 0.3) is 0 Å². The molecule has 5 nitrogen and oxygen atoms in total. The number of rotatable bonds is 5. The molecule has 5 heteroatoms. The monoisotopic (exact) mass is 262 g/mol. The lowest BCUT2D eigenvalue weighted by molar-refractivity contribution is 0.0947. The maximum atomic E-state index is 12.1. The summed E-state index contributed by atoms with van der Waals surface area (Å²) in [6, 6.07) is 0. The molecule has 0 unspecified atom stereocenters. The Hall–Kier alpha value is -1.49. The minimum absolute atomic E-state index is 0.0662. The van der Waals surface area contributed by atoms with Gasteiger partial charge < -0.3 is 10.2 Å². The highest BCUT2D eigenvalue weighted by molar-refractivity contribution is 5.95. The van der Waals surface area contributed by atoms with E-state index < -0.39 is 0 Å². The summed E-state index contributed by atoms with van der Waals surface area (Å²) >= 11 is 0. The van der Waals surface area contributed by atoms with Gasteiger partial charge in [-0.1, -0.05) is 13.8 Å². The van der Waals surface area contributed by atoms with Crippen molar-refractivity contribution < 1.29 is 4.79 Å². The second-order valence-electron chi connectivity index (χ2n) is 5.28. The van der Waals surface area contributed by atoms with Gasteiger partial charge in [0.1, 0.15) is 6.33 Å². The molecule has 0 aromatic carbocycles. The van der Waals surface area contributed by atoms with E-state index in [0.29, 0.717) is 12.1 Å². The zero-order chi connectivity index (χ0) is 13.7. The van der Waals surface area contributed by atoms with Crippen LogP contribution in [0.1, 0.15) is 48.7 Å². The lowest BCUT2D eigenvalue weighted by Crippen LogP contribution is -2.34. The van der Waals surface area contributed by atoms with Gasteiger partial charge in [0.25, 0.3) is 5.91 Å². The van der Waals surface area contributed by atoms with Crippen molar-refractivity contribution in [3.05, 3.63) is 23.8 Å². The van der Waals surface area contributed by atoms with E-state index in [-0.39, 0.29) is 11.8 Å². The van der Waals surface area contributed by atoms with Crippen molar-refractivity contribution in [2.45, 2.75) is 32.6 Å². The number of hydrogen-bond donors (Lipinski definition) is 1. The summed E-state index contributed by atoms with van der Waals surface area (Å²) in [5.41, 5.74) is 1.41. The molecule has 1 aromatic heterocycles. The molecule has 1 aliphatic heterocycles. The Morgan fingerprint density at radius 3 is 2.84 bits per heavy atom. The number of carbonyl (C=O) groups is 1. The van der Waals surface area contributed by atoms with E-state index in [4.69, 9.17) is 0 Å². The summed E-state index contributed by atoms with van der Waals surface area (Å²) in [7, 11) is 0. The fourth-order valence-electron chi connectivity index (χ4n) is 2.40. The quantitative estimate of drug-likeness (QED) is 0.872. The average Bonchev–Trinajstić information content (AvgIpc) is 2.91. The predicted molar refractivity (Wildman–Crippen MR) is 74.1 cm³/mol. The Balaban J connectivity index is 1.88. The van der Waals surface area contributed by atoms with E-state index in [2.05, 4.69) is 20.2 Å². The van der Waals surface area contributed by atoms with Gasteiger partial charge in [-0.05, 0) is 31.8 Å². The van der Waals surface area contributed by atoms with Crippen LogP contribution in [0, 0.1) is 0 Å². The van der Waals surface area contributed by atoms with Crippen molar-refractivity contribution in [1.29, 1.82) is 0 Å². The summed E-state index contributed by atoms with van der Waals surface area (Å²) in [5.74, 6) is 0.158. The Kier molecular flexibility index (Phi) is 4.85. The number of hydrogen-bond acceptors (Lipinski definition) is 4. The Labute approximate surface area is 114 Å². The molecule has 1 amide bonds. The third-order valence-electron chi connectivity index (χ3n) is 3.45. The van der Waals surface area contributed by atoms with E-state index in [9.17, 15) is 4.79 Å². The van der Waals surface area contributed by atoms with E-state index >= 15 is 0 Å². The van der Waals surface area contributed by atoms with Gasteiger partial charge in [0.15, 0.2) is 0 Å². The standard InChI is InChI=1S/C14H22N4O/c1-11(2)13-12(9-15-10-17-13)14(19)16-5-8-18-6-3-4-7-18/h9-11H,3-8H2,1-2H3,(H,16,19). The Bertz CT molecular complexity index is 427. The zero-order valence-electron chi connectivity index (χ0n) is 11.7. The molecule has 0 aliphatic carbocycles. The highest BCUT2D eigenvalue weighted by atomic mass is 16.1. The van der Waals surface area contributed by atoms with Gasteiger partial charge in [0.2, 0.25) is 0 Å². The average molecular weight is 262 g/mol. The SMILES string of the molecule is CC(C)c1ncncc1C(=O)NCCN1CCCC1. The van der Waals surface area contributed by atoms with Gasteiger partial charge in [-0.2, -0.15) is 0 Å². The third-order valence-corrected chi connectivity index (χ3v) is 3.45. The van der Waals surface area contributed by atoms with Crippen LogP contribution >= 0.6 is 0 Å². The molecular weight excluding hydrogens is 240 g/mol. The largest absolute Gasteiger partial charge is 0.351 e. The summed E-state index contributed by atoms with van der Waals surface area (Å²) in [6.07, 6.45) is 5.65. The zero-order valence-corrected chi connectivity index (χ0v) is 11.7. The molecule has 1 aliphatic rings. The summed E-state index contributed by atoms with van der Waals surface area (Å²) in [4.78, 5) is 22.7. The summed E-state index contributed by atoms with van der Waals surface area (Å²) < 4.78 is 0. The number of amides is 1. The molecule has 2 heterocycles. The fraction of sp³-hybridized carbons (Fsp3) is 0.643. The topological polar surface area (TPSA) is 58.1 Å². The molecule has 1 N–H and O–H groups in total. The van der Waals surface area contributed by atoms with Crippen LogP contribution in [0.4, 0.5) is 0 Å². The number of likely N-dealkylation sites (tertiary alicyclic amines) is 1. The van der Waals surface area contributed by atoms with Gasteiger partial charge >= 0.3 is 0 Å². The predicted octanol–water partition coefficient (Wildman–Crippen LogP) is 1.43. The first-order chi connectivity index (χ1) is 9.18. The van der Waals surface area contributed by atoms with Crippen molar-refractivity contribution in [2.75, 3.05) is 26.2 Å². The van der Waals surface area contributed by atoms with Crippen LogP contribution in [0.3, 0.4) is 0 Å². The van der Waals surface area contributed by atoms with Gasteiger partial charge in [0, 0.05) is 19.3 Å². The molecule has 1 aromatic rings. The number of aromatic nitrogens is 2. The number of carbonyl (C=O) groups excluding carboxylic acids is 1. The Morgan fingerprint density at radius 1 is 1.42 bits per heavy atom. The van der Waals surface area contributed by atoms with Gasteiger partial charge in [-0.25, -0.2) is 9.97 Å². The van der Waals surface area contributed by atoms with E-state index in [1.807, 2.05) is 13.8 Å². The second-order valence-corrected chi connectivity index (χ2v) is 5.28. The molecule has 0 spiro atoms. The smallest absolute Gasteiger partial charge is 0.254 e. The number of nitrogens with one attached hydrogen (secondary N) is 1. The first-order valence-electron chi connectivity index (χ1n) is 6.99. The summed E-state index contributed by atoms with van der Waals surface area (Å²) in [6.45, 7) is 7.98. The summed E-state index contributed by atoms with van der Waals surface area (Å²) in [5, 5.41) is 2.96. The molecular formula is C14H22N4O. The van der Waals surface area contributed by atoms with Crippen LogP contribution < -0.4 is 5.32 Å². The minimum atomic E-state index is -0.0662. The van der Waals surface area contributed by atoms with E-state index in [0.717, 1.165) is 25.3 Å². The van der Waals surface area contributed by atoms with E-state index in [1.54, 1.807) is 6.20 Å². The third kappa shape index (κ3) is 3.73.